The average Bonchev–Trinajstić information content (AvgIpc) is 2.06. The van der Waals surface area contributed by atoms with Crippen molar-refractivity contribution in [1.82, 2.24) is 5.32 Å². The molecule has 0 saturated heterocycles. The highest BCUT2D eigenvalue weighted by atomic mass is 35.5. The van der Waals surface area contributed by atoms with Crippen molar-refractivity contribution in [3.63, 3.8) is 0 Å². The second-order valence-corrected chi connectivity index (χ2v) is 3.87. The lowest BCUT2D eigenvalue weighted by atomic mass is 9.95. The van der Waals surface area contributed by atoms with Crippen LogP contribution in [0.15, 0.2) is 0 Å². The van der Waals surface area contributed by atoms with E-state index < -0.39 is 0 Å². The van der Waals surface area contributed by atoms with E-state index in [1.807, 2.05) is 0 Å². The molecule has 1 N–H and O–H groups in total. The van der Waals surface area contributed by atoms with Gasteiger partial charge < -0.3 is 5.32 Å². The first kappa shape index (κ1) is 9.34. The topological polar surface area (TPSA) is 12.0 Å². The van der Waals surface area contributed by atoms with Crippen molar-refractivity contribution in [3.8, 4) is 0 Å². The molecule has 66 valence electrons. The van der Waals surface area contributed by atoms with Gasteiger partial charge in [0, 0.05) is 18.0 Å². The Kier molecular flexibility index (Phi) is 4.24. The van der Waals surface area contributed by atoms with Crippen molar-refractivity contribution < 1.29 is 0 Å². The molecular formula is C9H18ClN. The van der Waals surface area contributed by atoms with E-state index in [4.69, 9.17) is 11.6 Å². The monoisotopic (exact) mass is 175 g/mol. The first-order valence-corrected chi connectivity index (χ1v) is 5.18. The second-order valence-electron chi connectivity index (χ2n) is 3.56. The molecule has 1 nitrogen and oxygen atoms in total. The Morgan fingerprint density at radius 2 is 2.00 bits per heavy atom. The molecule has 1 saturated carbocycles. The second kappa shape index (κ2) is 5.00. The first-order chi connectivity index (χ1) is 5.33. The van der Waals surface area contributed by atoms with Crippen LogP contribution < -0.4 is 5.32 Å². The van der Waals surface area contributed by atoms with Gasteiger partial charge in [0.1, 0.15) is 0 Å². The molecule has 0 aromatic rings. The lowest BCUT2D eigenvalue weighted by Crippen LogP contribution is -2.38. The minimum atomic E-state index is 0.486. The molecule has 0 aromatic carbocycles. The average molecular weight is 176 g/mol. The molecule has 1 aliphatic rings. The third-order valence-corrected chi connectivity index (χ3v) is 2.82. The van der Waals surface area contributed by atoms with Gasteiger partial charge in [-0.2, -0.15) is 0 Å². The van der Waals surface area contributed by atoms with Crippen LogP contribution in [0.4, 0.5) is 0 Å². The molecule has 1 rings (SSSR count). The highest BCUT2D eigenvalue weighted by Crippen LogP contribution is 2.17. The van der Waals surface area contributed by atoms with Crippen molar-refractivity contribution in [2.45, 2.75) is 51.1 Å². The van der Waals surface area contributed by atoms with Crippen molar-refractivity contribution in [2.24, 2.45) is 0 Å². The fourth-order valence-electron chi connectivity index (χ4n) is 1.72. The predicted molar refractivity (Wildman–Crippen MR) is 50.2 cm³/mol. The van der Waals surface area contributed by atoms with Crippen LogP contribution in [-0.4, -0.2) is 18.0 Å². The fraction of sp³-hybridized carbons (Fsp3) is 1.00. The molecule has 11 heavy (non-hydrogen) atoms. The van der Waals surface area contributed by atoms with E-state index >= 15 is 0 Å². The summed E-state index contributed by atoms with van der Waals surface area (Å²) in [5.74, 6) is 0.733. The summed E-state index contributed by atoms with van der Waals surface area (Å²) in [6.07, 6.45) is 6.91. The number of alkyl halides is 1. The van der Waals surface area contributed by atoms with Gasteiger partial charge in [-0.15, -0.1) is 11.6 Å². The highest BCUT2D eigenvalue weighted by molar-refractivity contribution is 6.18. The maximum Gasteiger partial charge on any atom is 0.0374 e. The molecule has 0 aromatic heterocycles. The van der Waals surface area contributed by atoms with Crippen LogP contribution in [0.1, 0.15) is 39.0 Å². The van der Waals surface area contributed by atoms with Gasteiger partial charge in [0.15, 0.2) is 0 Å². The molecule has 0 amide bonds. The Labute approximate surface area is 74.5 Å². The molecular weight excluding hydrogens is 158 g/mol. The van der Waals surface area contributed by atoms with E-state index in [2.05, 4.69) is 12.2 Å². The van der Waals surface area contributed by atoms with E-state index in [0.717, 1.165) is 11.9 Å². The predicted octanol–water partition coefficient (Wildman–Crippen LogP) is 2.54. The molecule has 1 aliphatic carbocycles. The maximum absolute atomic E-state index is 5.71. The summed E-state index contributed by atoms with van der Waals surface area (Å²) in [7, 11) is 0. The summed E-state index contributed by atoms with van der Waals surface area (Å²) in [6, 6.07) is 1.23. The van der Waals surface area contributed by atoms with Gasteiger partial charge in [-0.25, -0.2) is 0 Å². The maximum atomic E-state index is 5.71. The van der Waals surface area contributed by atoms with Crippen LogP contribution in [0, 0.1) is 0 Å². The quantitative estimate of drug-likeness (QED) is 0.651. The highest BCUT2D eigenvalue weighted by Gasteiger charge is 2.14. The molecule has 1 atom stereocenters. The first-order valence-electron chi connectivity index (χ1n) is 4.65. The van der Waals surface area contributed by atoms with Crippen LogP contribution in [0.5, 0.6) is 0 Å². The summed E-state index contributed by atoms with van der Waals surface area (Å²) in [5.41, 5.74) is 0. The number of rotatable bonds is 3. The summed E-state index contributed by atoms with van der Waals surface area (Å²) in [5, 5.41) is 3.54. The van der Waals surface area contributed by atoms with E-state index in [1.54, 1.807) is 0 Å². The summed E-state index contributed by atoms with van der Waals surface area (Å²) in [6.45, 7) is 2.15. The number of nitrogens with one attached hydrogen (secondary N) is 1. The Bertz CT molecular complexity index is 99.7. The number of halogens is 1. The standard InChI is InChI=1S/C9H18ClN/c1-8(7-10)11-9-5-3-2-4-6-9/h8-9,11H,2-7H2,1H3. The SMILES string of the molecule is CC(CCl)NC1CCCCC1. The van der Waals surface area contributed by atoms with Crippen molar-refractivity contribution in [2.75, 3.05) is 5.88 Å². The Morgan fingerprint density at radius 3 is 2.55 bits per heavy atom. The summed E-state index contributed by atoms with van der Waals surface area (Å²) >= 11 is 5.71. The van der Waals surface area contributed by atoms with Crippen LogP contribution in [0.25, 0.3) is 0 Å². The minimum Gasteiger partial charge on any atom is -0.310 e. The van der Waals surface area contributed by atoms with Gasteiger partial charge in [-0.05, 0) is 19.8 Å². The van der Waals surface area contributed by atoms with Crippen LogP contribution in [0.2, 0.25) is 0 Å². The summed E-state index contributed by atoms with van der Waals surface area (Å²) < 4.78 is 0. The number of hydrogen-bond donors (Lipinski definition) is 1. The third kappa shape index (κ3) is 3.44. The minimum absolute atomic E-state index is 0.486. The Morgan fingerprint density at radius 1 is 1.36 bits per heavy atom. The molecule has 2 heteroatoms. The zero-order chi connectivity index (χ0) is 8.10. The summed E-state index contributed by atoms with van der Waals surface area (Å²) in [4.78, 5) is 0. The molecule has 0 spiro atoms. The Hall–Kier alpha value is 0.250. The van der Waals surface area contributed by atoms with E-state index in [9.17, 15) is 0 Å². The zero-order valence-electron chi connectivity index (χ0n) is 7.28. The van der Waals surface area contributed by atoms with Crippen molar-refractivity contribution in [1.29, 1.82) is 0 Å². The third-order valence-electron chi connectivity index (χ3n) is 2.36. The molecule has 0 radical (unpaired) electrons. The molecule has 1 unspecified atom stereocenters. The van der Waals surface area contributed by atoms with E-state index in [0.29, 0.717) is 6.04 Å². The van der Waals surface area contributed by atoms with Gasteiger partial charge in [0.25, 0.3) is 0 Å². The molecule has 0 aliphatic heterocycles. The number of hydrogen-bond acceptors (Lipinski definition) is 1. The van der Waals surface area contributed by atoms with Crippen LogP contribution >= 0.6 is 11.6 Å². The van der Waals surface area contributed by atoms with Gasteiger partial charge in [-0.1, -0.05) is 19.3 Å². The molecule has 1 fully saturated rings. The van der Waals surface area contributed by atoms with E-state index in [1.165, 1.54) is 32.1 Å². The lowest BCUT2D eigenvalue weighted by Gasteiger charge is -2.25. The lowest BCUT2D eigenvalue weighted by molar-refractivity contribution is 0.353. The van der Waals surface area contributed by atoms with E-state index in [-0.39, 0.29) is 0 Å². The van der Waals surface area contributed by atoms with Crippen molar-refractivity contribution >= 4 is 11.6 Å². The smallest absolute Gasteiger partial charge is 0.0374 e. The largest absolute Gasteiger partial charge is 0.310 e. The Balaban J connectivity index is 2.13. The van der Waals surface area contributed by atoms with Crippen LogP contribution in [-0.2, 0) is 0 Å². The van der Waals surface area contributed by atoms with Gasteiger partial charge in [0.05, 0.1) is 0 Å². The fourth-order valence-corrected chi connectivity index (χ4v) is 1.81. The normalized spacial score (nSPS) is 23.5. The zero-order valence-corrected chi connectivity index (χ0v) is 8.03. The van der Waals surface area contributed by atoms with Gasteiger partial charge >= 0.3 is 0 Å². The van der Waals surface area contributed by atoms with Crippen LogP contribution in [0.3, 0.4) is 0 Å². The molecule has 0 heterocycles. The molecule has 0 bridgehead atoms. The van der Waals surface area contributed by atoms with Crippen molar-refractivity contribution in [3.05, 3.63) is 0 Å². The van der Waals surface area contributed by atoms with Gasteiger partial charge in [-0.3, -0.25) is 0 Å². The van der Waals surface area contributed by atoms with Gasteiger partial charge in [0.2, 0.25) is 0 Å².